The number of sulfonamides is 1. The molecule has 0 saturated carbocycles. The topological polar surface area (TPSA) is 125 Å². The van der Waals surface area contributed by atoms with E-state index in [9.17, 15) is 27.5 Å². The lowest BCUT2D eigenvalue weighted by molar-refractivity contribution is -0.129. The third-order valence-electron chi connectivity index (χ3n) is 7.76. The summed E-state index contributed by atoms with van der Waals surface area (Å²) >= 11 is 0. The van der Waals surface area contributed by atoms with E-state index < -0.39 is 46.1 Å². The van der Waals surface area contributed by atoms with Gasteiger partial charge in [-0.3, -0.25) is 9.69 Å². The normalized spacial score (nSPS) is 20.0. The first-order valence-electron chi connectivity index (χ1n) is 14.5. The molecule has 3 aromatic carbocycles. The van der Waals surface area contributed by atoms with Crippen molar-refractivity contribution in [1.82, 2.24) is 9.62 Å². The van der Waals surface area contributed by atoms with E-state index in [1.807, 2.05) is 30.3 Å². The second kappa shape index (κ2) is 13.9. The van der Waals surface area contributed by atoms with E-state index in [4.69, 9.17) is 9.47 Å². The van der Waals surface area contributed by atoms with Gasteiger partial charge in [0.05, 0.1) is 35.4 Å². The number of halogens is 1. The molecular weight excluding hydrogens is 589 g/mol. The average Bonchev–Trinajstić information content (AvgIpc) is 3.66. The third-order valence-corrected chi connectivity index (χ3v) is 9.59. The van der Waals surface area contributed by atoms with Crippen LogP contribution >= 0.6 is 0 Å². The van der Waals surface area contributed by atoms with E-state index in [1.54, 1.807) is 25.1 Å². The zero-order valence-corrected chi connectivity index (χ0v) is 25.2. The van der Waals surface area contributed by atoms with Crippen molar-refractivity contribution in [2.75, 3.05) is 31.1 Å². The van der Waals surface area contributed by atoms with Crippen molar-refractivity contribution in [3.8, 4) is 0 Å². The smallest absolute Gasteiger partial charge is 0.415 e. The maximum absolute atomic E-state index is 13.8. The van der Waals surface area contributed by atoms with E-state index in [-0.39, 0.29) is 42.7 Å². The molecule has 0 bridgehead atoms. The number of aliphatic hydroxyl groups excluding tert-OH is 1. The zero-order chi connectivity index (χ0) is 31.3. The van der Waals surface area contributed by atoms with E-state index in [0.717, 1.165) is 22.4 Å². The first kappa shape index (κ1) is 31.6. The number of benzene rings is 3. The van der Waals surface area contributed by atoms with Crippen LogP contribution in [-0.4, -0.2) is 80.4 Å². The number of carbonyl (C=O) groups is 2. The fourth-order valence-corrected chi connectivity index (χ4v) is 7.02. The second-order valence-electron chi connectivity index (χ2n) is 11.1. The highest BCUT2D eigenvalue weighted by atomic mass is 32.2. The first-order valence-corrected chi connectivity index (χ1v) is 16.0. The van der Waals surface area contributed by atoms with Crippen LogP contribution < -0.4 is 10.2 Å². The number of cyclic esters (lactones) is 1. The molecule has 44 heavy (non-hydrogen) atoms. The number of hydrogen-bond acceptors (Lipinski definition) is 7. The standard InChI is InChI=1S/C32H36FN3O7S/c1-22-8-5-14-27(16-22)44(40,41)35(19-26-13-7-15-42-26)20-29(37)28(17-23-9-3-2-4-10-23)34-31(38)30-21-36(32(39)43-30)25-12-6-11-24(33)18-25/h2-6,8-12,14,16,18,26,28-30,37H,7,13,15,17,19-21H2,1H3,(H,34,38)/t26-,28+,29-,30+/m1/s1. The molecule has 0 unspecified atom stereocenters. The molecule has 2 aliphatic heterocycles. The van der Waals surface area contributed by atoms with Crippen LogP contribution in [0.2, 0.25) is 0 Å². The molecule has 0 spiro atoms. The van der Waals surface area contributed by atoms with E-state index >= 15 is 0 Å². The second-order valence-corrected chi connectivity index (χ2v) is 13.0. The van der Waals surface area contributed by atoms with Crippen LogP contribution in [0.25, 0.3) is 0 Å². The van der Waals surface area contributed by atoms with E-state index in [1.165, 1.54) is 34.6 Å². The Morgan fingerprint density at radius 3 is 2.59 bits per heavy atom. The number of aryl methyl sites for hydroxylation is 1. The van der Waals surface area contributed by atoms with E-state index in [0.29, 0.717) is 13.0 Å². The Kier molecular flexibility index (Phi) is 9.94. The minimum absolute atomic E-state index is 0.0438. The van der Waals surface area contributed by atoms with Crippen LogP contribution in [0.3, 0.4) is 0 Å². The van der Waals surface area contributed by atoms with Crippen molar-refractivity contribution in [2.45, 2.75) is 55.4 Å². The number of anilines is 1. The number of ether oxygens (including phenoxy) is 2. The number of nitrogens with one attached hydrogen (secondary N) is 1. The Morgan fingerprint density at radius 2 is 1.89 bits per heavy atom. The van der Waals surface area contributed by atoms with Gasteiger partial charge in [-0.1, -0.05) is 48.5 Å². The Morgan fingerprint density at radius 1 is 1.11 bits per heavy atom. The molecule has 2 saturated heterocycles. The fraction of sp³-hybridized carbons (Fsp3) is 0.375. The molecule has 2 fully saturated rings. The van der Waals surface area contributed by atoms with Crippen molar-refractivity contribution >= 4 is 27.7 Å². The minimum atomic E-state index is -4.03. The van der Waals surface area contributed by atoms with Gasteiger partial charge in [-0.15, -0.1) is 0 Å². The quantitative estimate of drug-likeness (QED) is 0.316. The number of aliphatic hydroxyl groups is 1. The first-order chi connectivity index (χ1) is 21.1. The predicted octanol–water partition coefficient (Wildman–Crippen LogP) is 3.42. The van der Waals surface area contributed by atoms with Gasteiger partial charge in [0.25, 0.3) is 5.91 Å². The lowest BCUT2D eigenvalue weighted by atomic mass is 10.0. The maximum atomic E-state index is 13.8. The summed E-state index contributed by atoms with van der Waals surface area (Å²) in [6, 6.07) is 20.2. The van der Waals surface area contributed by atoms with Gasteiger partial charge in [0, 0.05) is 19.7 Å². The van der Waals surface area contributed by atoms with Crippen LogP contribution in [0.15, 0.2) is 83.8 Å². The number of hydrogen-bond donors (Lipinski definition) is 2. The summed E-state index contributed by atoms with van der Waals surface area (Å²) < 4.78 is 53.7. The Bertz CT molecular complexity index is 1570. The molecule has 2 N–H and O–H groups in total. The summed E-state index contributed by atoms with van der Waals surface area (Å²) in [6.07, 6.45) is -2.01. The van der Waals surface area contributed by atoms with Crippen molar-refractivity contribution in [1.29, 1.82) is 0 Å². The molecule has 2 aliphatic rings. The monoisotopic (exact) mass is 625 g/mol. The molecule has 5 rings (SSSR count). The van der Waals surface area contributed by atoms with Crippen LogP contribution in [-0.2, 0) is 30.7 Å². The third kappa shape index (κ3) is 7.62. The van der Waals surface area contributed by atoms with Crippen molar-refractivity contribution < 1.29 is 37.0 Å². The Hall–Kier alpha value is -3.84. The molecule has 0 aromatic heterocycles. The van der Waals surface area contributed by atoms with Gasteiger partial charge < -0.3 is 19.9 Å². The molecule has 10 nitrogen and oxygen atoms in total. The summed E-state index contributed by atoms with van der Waals surface area (Å²) in [5.74, 6) is -1.20. The zero-order valence-electron chi connectivity index (χ0n) is 24.3. The molecule has 3 aromatic rings. The summed E-state index contributed by atoms with van der Waals surface area (Å²) in [5.41, 5.74) is 1.82. The molecule has 0 radical (unpaired) electrons. The summed E-state index contributed by atoms with van der Waals surface area (Å²) in [5, 5.41) is 14.4. The predicted molar refractivity (Wildman–Crippen MR) is 161 cm³/mol. The summed E-state index contributed by atoms with van der Waals surface area (Å²) in [4.78, 5) is 27.2. The lowest BCUT2D eigenvalue weighted by Crippen LogP contribution is -2.53. The largest absolute Gasteiger partial charge is 0.434 e. The fourth-order valence-electron chi connectivity index (χ4n) is 5.43. The van der Waals surface area contributed by atoms with Crippen LogP contribution in [0, 0.1) is 12.7 Å². The van der Waals surface area contributed by atoms with Gasteiger partial charge in [0.15, 0.2) is 6.10 Å². The van der Waals surface area contributed by atoms with E-state index in [2.05, 4.69) is 5.32 Å². The van der Waals surface area contributed by atoms with Gasteiger partial charge in [0.2, 0.25) is 10.0 Å². The number of amides is 2. The average molecular weight is 626 g/mol. The minimum Gasteiger partial charge on any atom is -0.434 e. The van der Waals surface area contributed by atoms with Crippen LogP contribution in [0.1, 0.15) is 24.0 Å². The van der Waals surface area contributed by atoms with Crippen molar-refractivity contribution in [2.24, 2.45) is 0 Å². The van der Waals surface area contributed by atoms with Gasteiger partial charge in [-0.05, 0) is 67.6 Å². The van der Waals surface area contributed by atoms with Gasteiger partial charge in [-0.25, -0.2) is 17.6 Å². The maximum Gasteiger partial charge on any atom is 0.415 e. The number of rotatable bonds is 12. The lowest BCUT2D eigenvalue weighted by Gasteiger charge is -2.31. The molecule has 12 heteroatoms. The van der Waals surface area contributed by atoms with Crippen LogP contribution in [0.5, 0.6) is 0 Å². The van der Waals surface area contributed by atoms with Crippen LogP contribution in [0.4, 0.5) is 14.9 Å². The molecule has 2 heterocycles. The Labute approximate surface area is 256 Å². The molecule has 2 amide bonds. The van der Waals surface area contributed by atoms with Gasteiger partial charge in [0.1, 0.15) is 5.82 Å². The molecule has 4 atom stereocenters. The number of nitrogens with zero attached hydrogens (tertiary/aromatic N) is 2. The van der Waals surface area contributed by atoms with Crippen molar-refractivity contribution in [3.05, 3.63) is 95.8 Å². The highest BCUT2D eigenvalue weighted by Crippen LogP contribution is 2.24. The number of carbonyl (C=O) groups excluding carboxylic acids is 2. The van der Waals surface area contributed by atoms with Gasteiger partial charge >= 0.3 is 6.09 Å². The summed E-state index contributed by atoms with van der Waals surface area (Å²) in [6.45, 7) is 1.91. The molecular formula is C32H36FN3O7S. The highest BCUT2D eigenvalue weighted by molar-refractivity contribution is 7.89. The highest BCUT2D eigenvalue weighted by Gasteiger charge is 2.39. The molecule has 0 aliphatic carbocycles. The SMILES string of the molecule is Cc1cccc(S(=O)(=O)N(C[C@H]2CCCO2)C[C@@H](O)[C@H](Cc2ccccc2)NC(=O)[C@@H]2CN(c3cccc(F)c3)C(=O)O2)c1. The van der Waals surface area contributed by atoms with Crippen molar-refractivity contribution in [3.63, 3.8) is 0 Å². The van der Waals surface area contributed by atoms with Gasteiger partial charge in [-0.2, -0.15) is 4.31 Å². The molecule has 234 valence electrons. The Balaban J connectivity index is 1.36. The summed E-state index contributed by atoms with van der Waals surface area (Å²) in [7, 11) is -4.03.